The molecule has 5 heteroatoms. The lowest BCUT2D eigenvalue weighted by molar-refractivity contribution is 0.0215. The summed E-state index contributed by atoms with van der Waals surface area (Å²) in [6.45, 7) is 2.62. The Bertz CT molecular complexity index is 361. The number of unbranched alkanes of at least 4 members (excludes halogenated alkanes) is 1. The zero-order chi connectivity index (χ0) is 12.3. The van der Waals surface area contributed by atoms with Gasteiger partial charge in [0.1, 0.15) is 0 Å². The van der Waals surface area contributed by atoms with Crippen LogP contribution in [0, 0.1) is 0 Å². The molecule has 1 aromatic heterocycles. The van der Waals surface area contributed by atoms with E-state index in [4.69, 9.17) is 5.73 Å². The summed E-state index contributed by atoms with van der Waals surface area (Å²) in [6, 6.07) is 0.0817. The number of rotatable bonds is 5. The highest BCUT2D eigenvalue weighted by molar-refractivity contribution is 4.98. The van der Waals surface area contributed by atoms with Crippen LogP contribution in [0.25, 0.3) is 0 Å². The molecule has 1 aliphatic rings. The van der Waals surface area contributed by atoms with Crippen molar-refractivity contribution in [1.29, 1.82) is 0 Å². The van der Waals surface area contributed by atoms with Crippen molar-refractivity contribution < 1.29 is 5.11 Å². The Morgan fingerprint density at radius 1 is 1.59 bits per heavy atom. The third kappa shape index (κ3) is 2.84. The van der Waals surface area contributed by atoms with E-state index in [0.29, 0.717) is 0 Å². The van der Waals surface area contributed by atoms with E-state index in [-0.39, 0.29) is 6.04 Å². The molecule has 0 amide bonds. The first-order valence-corrected chi connectivity index (χ1v) is 6.46. The van der Waals surface area contributed by atoms with E-state index in [1.54, 1.807) is 0 Å². The van der Waals surface area contributed by atoms with Gasteiger partial charge in [-0.05, 0) is 52.0 Å². The maximum Gasteiger partial charge on any atom is 0.0843 e. The highest BCUT2D eigenvalue weighted by Gasteiger charge is 2.38. The molecular weight excluding hydrogens is 216 g/mol. The molecule has 1 fully saturated rings. The average molecular weight is 238 g/mol. The molecule has 1 saturated carbocycles. The molecular formula is C12H22N4O. The van der Waals surface area contributed by atoms with E-state index in [2.05, 4.69) is 10.3 Å². The number of aryl methyl sites for hydroxylation is 1. The van der Waals surface area contributed by atoms with Gasteiger partial charge < -0.3 is 10.8 Å². The molecule has 5 nitrogen and oxygen atoms in total. The van der Waals surface area contributed by atoms with Crippen LogP contribution in [0.5, 0.6) is 0 Å². The first kappa shape index (κ1) is 12.5. The highest BCUT2D eigenvalue weighted by Crippen LogP contribution is 2.38. The van der Waals surface area contributed by atoms with Crippen molar-refractivity contribution in [3.63, 3.8) is 0 Å². The van der Waals surface area contributed by atoms with Crippen molar-refractivity contribution in [3.05, 3.63) is 11.9 Å². The van der Waals surface area contributed by atoms with Gasteiger partial charge >= 0.3 is 0 Å². The standard InChI is InChI=1S/C12H22N4O/c1-12(17)7-4-6-11(12)16-9-10(14-15-16)5-2-3-8-13/h9,11,17H,2-8,13H2,1H3. The Balaban J connectivity index is 1.98. The fraction of sp³-hybridized carbons (Fsp3) is 0.833. The van der Waals surface area contributed by atoms with Crippen molar-refractivity contribution in [2.24, 2.45) is 5.73 Å². The van der Waals surface area contributed by atoms with Crippen LogP contribution in [0.15, 0.2) is 6.20 Å². The Kier molecular flexibility index (Phi) is 3.79. The zero-order valence-corrected chi connectivity index (χ0v) is 10.5. The topological polar surface area (TPSA) is 77.0 Å². The van der Waals surface area contributed by atoms with E-state index >= 15 is 0 Å². The Labute approximate surface area is 102 Å². The molecule has 3 N–H and O–H groups in total. The summed E-state index contributed by atoms with van der Waals surface area (Å²) >= 11 is 0. The van der Waals surface area contributed by atoms with Gasteiger partial charge in [-0.2, -0.15) is 0 Å². The van der Waals surface area contributed by atoms with Gasteiger partial charge in [0.15, 0.2) is 0 Å². The van der Waals surface area contributed by atoms with Gasteiger partial charge in [0, 0.05) is 6.20 Å². The van der Waals surface area contributed by atoms with Crippen molar-refractivity contribution in [3.8, 4) is 0 Å². The molecule has 1 aliphatic carbocycles. The molecule has 0 spiro atoms. The van der Waals surface area contributed by atoms with Crippen LogP contribution in [0.4, 0.5) is 0 Å². The van der Waals surface area contributed by atoms with E-state index in [0.717, 1.165) is 50.8 Å². The number of aliphatic hydroxyl groups is 1. The predicted molar refractivity (Wildman–Crippen MR) is 65.5 cm³/mol. The van der Waals surface area contributed by atoms with Gasteiger partial charge in [-0.3, -0.25) is 0 Å². The number of hydrogen-bond donors (Lipinski definition) is 2. The van der Waals surface area contributed by atoms with Crippen LogP contribution in [0.1, 0.15) is 50.8 Å². The average Bonchev–Trinajstić information content (AvgIpc) is 2.85. The Morgan fingerprint density at radius 3 is 3.06 bits per heavy atom. The second-order valence-electron chi connectivity index (χ2n) is 5.20. The van der Waals surface area contributed by atoms with Gasteiger partial charge in [0.2, 0.25) is 0 Å². The molecule has 0 radical (unpaired) electrons. The molecule has 1 heterocycles. The summed E-state index contributed by atoms with van der Waals surface area (Å²) in [5.41, 5.74) is 5.82. The summed E-state index contributed by atoms with van der Waals surface area (Å²) in [5, 5.41) is 18.5. The molecule has 96 valence electrons. The van der Waals surface area contributed by atoms with Crippen LogP contribution in [-0.2, 0) is 6.42 Å². The lowest BCUT2D eigenvalue weighted by Gasteiger charge is -2.24. The van der Waals surface area contributed by atoms with Crippen molar-refractivity contribution in [1.82, 2.24) is 15.0 Å². The molecule has 2 rings (SSSR count). The Morgan fingerprint density at radius 2 is 2.41 bits per heavy atom. The fourth-order valence-electron chi connectivity index (χ4n) is 2.58. The molecule has 2 unspecified atom stereocenters. The van der Waals surface area contributed by atoms with Crippen molar-refractivity contribution >= 4 is 0 Å². The van der Waals surface area contributed by atoms with Gasteiger partial charge in [-0.15, -0.1) is 5.10 Å². The SMILES string of the molecule is CC1(O)CCCC1n1cc(CCCCN)nn1. The lowest BCUT2D eigenvalue weighted by atomic mass is 10.0. The summed E-state index contributed by atoms with van der Waals surface area (Å²) in [5.74, 6) is 0. The van der Waals surface area contributed by atoms with E-state index < -0.39 is 5.60 Å². The largest absolute Gasteiger partial charge is 0.388 e. The summed E-state index contributed by atoms with van der Waals surface area (Å²) in [7, 11) is 0. The minimum absolute atomic E-state index is 0.0817. The summed E-state index contributed by atoms with van der Waals surface area (Å²) in [4.78, 5) is 0. The summed E-state index contributed by atoms with van der Waals surface area (Å²) < 4.78 is 1.84. The van der Waals surface area contributed by atoms with Gasteiger partial charge in [-0.1, -0.05) is 5.21 Å². The smallest absolute Gasteiger partial charge is 0.0843 e. The normalized spacial score (nSPS) is 28.8. The van der Waals surface area contributed by atoms with Crippen molar-refractivity contribution in [2.75, 3.05) is 6.54 Å². The second kappa shape index (κ2) is 5.14. The third-order valence-corrected chi connectivity index (χ3v) is 3.64. The minimum atomic E-state index is -0.637. The van der Waals surface area contributed by atoms with Crippen LogP contribution < -0.4 is 5.73 Å². The number of nitrogens with two attached hydrogens (primary N) is 1. The maximum atomic E-state index is 10.2. The Hall–Kier alpha value is -0.940. The van der Waals surface area contributed by atoms with E-state index in [1.165, 1.54) is 0 Å². The van der Waals surface area contributed by atoms with Crippen LogP contribution in [0.2, 0.25) is 0 Å². The molecule has 2 atom stereocenters. The third-order valence-electron chi connectivity index (χ3n) is 3.64. The highest BCUT2D eigenvalue weighted by atomic mass is 16.3. The van der Waals surface area contributed by atoms with Crippen LogP contribution in [-0.4, -0.2) is 32.2 Å². The van der Waals surface area contributed by atoms with Crippen LogP contribution in [0.3, 0.4) is 0 Å². The molecule has 0 aromatic carbocycles. The zero-order valence-electron chi connectivity index (χ0n) is 10.5. The molecule has 0 saturated heterocycles. The number of hydrogen-bond acceptors (Lipinski definition) is 4. The molecule has 0 bridgehead atoms. The van der Waals surface area contributed by atoms with Gasteiger partial charge in [0.25, 0.3) is 0 Å². The first-order chi connectivity index (χ1) is 8.13. The van der Waals surface area contributed by atoms with Crippen LogP contribution >= 0.6 is 0 Å². The van der Waals surface area contributed by atoms with Gasteiger partial charge in [0.05, 0.1) is 17.3 Å². The summed E-state index contributed by atoms with van der Waals surface area (Å²) in [6.07, 6.45) is 7.86. The molecule has 0 aliphatic heterocycles. The predicted octanol–water partition coefficient (Wildman–Crippen LogP) is 1.04. The monoisotopic (exact) mass is 238 g/mol. The molecule has 1 aromatic rings. The number of aromatic nitrogens is 3. The number of nitrogens with zero attached hydrogens (tertiary/aromatic N) is 3. The fourth-order valence-corrected chi connectivity index (χ4v) is 2.58. The molecule has 17 heavy (non-hydrogen) atoms. The quantitative estimate of drug-likeness (QED) is 0.751. The van der Waals surface area contributed by atoms with E-state index in [9.17, 15) is 5.11 Å². The second-order valence-corrected chi connectivity index (χ2v) is 5.20. The maximum absolute atomic E-state index is 10.2. The van der Waals surface area contributed by atoms with Gasteiger partial charge in [-0.25, -0.2) is 4.68 Å². The van der Waals surface area contributed by atoms with E-state index in [1.807, 2.05) is 17.8 Å². The lowest BCUT2D eigenvalue weighted by Crippen LogP contribution is -2.31. The van der Waals surface area contributed by atoms with Crippen molar-refractivity contribution in [2.45, 2.75) is 57.1 Å². The first-order valence-electron chi connectivity index (χ1n) is 6.46. The minimum Gasteiger partial charge on any atom is -0.388 e.